The molecular weight excluding hydrogens is 378 g/mol. The summed E-state index contributed by atoms with van der Waals surface area (Å²) in [6.45, 7) is 5.98. The Balaban J connectivity index is 1.97. The Kier molecular flexibility index (Phi) is 5.57. The SMILES string of the molecule is Cc1cnn2c(Nc3ccc(S(C)(=O)=O)cc3)cc(N[C@H](CO)C(C)C)nc12. The zero-order chi connectivity index (χ0) is 20.5. The minimum Gasteiger partial charge on any atom is -0.394 e. The van der Waals surface area contributed by atoms with Gasteiger partial charge in [0.2, 0.25) is 0 Å². The van der Waals surface area contributed by atoms with Gasteiger partial charge in [-0.15, -0.1) is 0 Å². The van der Waals surface area contributed by atoms with Gasteiger partial charge in [0.05, 0.1) is 23.7 Å². The van der Waals surface area contributed by atoms with Crippen molar-refractivity contribution >= 4 is 32.8 Å². The number of benzene rings is 1. The van der Waals surface area contributed by atoms with Crippen LogP contribution in [0.4, 0.5) is 17.3 Å². The average molecular weight is 404 g/mol. The van der Waals surface area contributed by atoms with E-state index in [1.54, 1.807) is 35.0 Å². The number of rotatable bonds is 7. The molecule has 150 valence electrons. The van der Waals surface area contributed by atoms with Gasteiger partial charge in [-0.2, -0.15) is 9.61 Å². The molecule has 2 heterocycles. The molecule has 3 N–H and O–H groups in total. The molecule has 0 aliphatic carbocycles. The Labute approximate surface area is 164 Å². The summed E-state index contributed by atoms with van der Waals surface area (Å²) in [5.41, 5.74) is 2.34. The van der Waals surface area contributed by atoms with Crippen LogP contribution in [-0.2, 0) is 9.84 Å². The quantitative estimate of drug-likeness (QED) is 0.556. The maximum Gasteiger partial charge on any atom is 0.175 e. The van der Waals surface area contributed by atoms with E-state index >= 15 is 0 Å². The van der Waals surface area contributed by atoms with E-state index in [-0.39, 0.29) is 23.5 Å². The Morgan fingerprint density at radius 3 is 2.46 bits per heavy atom. The van der Waals surface area contributed by atoms with E-state index in [1.165, 1.54) is 6.26 Å². The largest absolute Gasteiger partial charge is 0.394 e. The van der Waals surface area contributed by atoms with Gasteiger partial charge in [0.1, 0.15) is 11.6 Å². The van der Waals surface area contributed by atoms with Gasteiger partial charge in [0, 0.05) is 23.6 Å². The molecule has 3 rings (SSSR count). The Morgan fingerprint density at radius 1 is 1.21 bits per heavy atom. The van der Waals surface area contributed by atoms with Gasteiger partial charge in [-0.1, -0.05) is 13.8 Å². The van der Waals surface area contributed by atoms with Crippen LogP contribution in [0.25, 0.3) is 5.65 Å². The molecule has 0 fully saturated rings. The van der Waals surface area contributed by atoms with Gasteiger partial charge >= 0.3 is 0 Å². The lowest BCUT2D eigenvalue weighted by Gasteiger charge is -2.21. The third-order valence-corrected chi connectivity index (χ3v) is 5.67. The number of anilines is 3. The van der Waals surface area contributed by atoms with Gasteiger partial charge in [0.15, 0.2) is 15.5 Å². The minimum absolute atomic E-state index is 0.00150. The molecule has 2 aromatic heterocycles. The molecule has 0 aliphatic heterocycles. The molecule has 3 aromatic rings. The number of sulfone groups is 1. The van der Waals surface area contributed by atoms with Crippen molar-refractivity contribution in [3.05, 3.63) is 42.1 Å². The monoisotopic (exact) mass is 403 g/mol. The van der Waals surface area contributed by atoms with Crippen LogP contribution in [0.15, 0.2) is 41.4 Å². The molecule has 0 bridgehead atoms. The number of nitrogens with zero attached hydrogens (tertiary/aromatic N) is 3. The van der Waals surface area contributed by atoms with E-state index in [2.05, 4.69) is 20.7 Å². The fourth-order valence-corrected chi connectivity index (χ4v) is 3.41. The van der Waals surface area contributed by atoms with Crippen molar-refractivity contribution in [1.29, 1.82) is 0 Å². The molecular formula is C19H25N5O3S. The second kappa shape index (κ2) is 7.76. The van der Waals surface area contributed by atoms with Crippen molar-refractivity contribution in [3.8, 4) is 0 Å². The number of aryl methyl sites for hydroxylation is 1. The van der Waals surface area contributed by atoms with E-state index in [1.807, 2.05) is 26.8 Å². The highest BCUT2D eigenvalue weighted by Gasteiger charge is 2.16. The van der Waals surface area contributed by atoms with E-state index in [9.17, 15) is 13.5 Å². The van der Waals surface area contributed by atoms with E-state index < -0.39 is 9.84 Å². The molecule has 8 nitrogen and oxygen atoms in total. The van der Waals surface area contributed by atoms with Crippen molar-refractivity contribution in [2.24, 2.45) is 5.92 Å². The molecule has 0 amide bonds. The van der Waals surface area contributed by atoms with Crippen LogP contribution >= 0.6 is 0 Å². The van der Waals surface area contributed by atoms with Crippen LogP contribution in [-0.4, -0.2) is 47.0 Å². The third kappa shape index (κ3) is 4.26. The van der Waals surface area contributed by atoms with E-state index in [0.717, 1.165) is 11.3 Å². The summed E-state index contributed by atoms with van der Waals surface area (Å²) in [5.74, 6) is 1.53. The highest BCUT2D eigenvalue weighted by molar-refractivity contribution is 7.90. The molecule has 0 unspecified atom stereocenters. The summed E-state index contributed by atoms with van der Waals surface area (Å²) < 4.78 is 25.0. The number of fused-ring (bicyclic) bond motifs is 1. The van der Waals surface area contributed by atoms with E-state index in [0.29, 0.717) is 17.3 Å². The fraction of sp³-hybridized carbons (Fsp3) is 0.368. The predicted molar refractivity (Wildman–Crippen MR) is 110 cm³/mol. The predicted octanol–water partition coefficient (Wildman–Crippen LogP) is 2.61. The first-order valence-electron chi connectivity index (χ1n) is 8.99. The molecule has 0 aliphatic rings. The van der Waals surface area contributed by atoms with Crippen molar-refractivity contribution in [2.45, 2.75) is 31.7 Å². The summed E-state index contributed by atoms with van der Waals surface area (Å²) in [6, 6.07) is 8.22. The number of aliphatic hydroxyl groups is 1. The van der Waals surface area contributed by atoms with Crippen LogP contribution in [0, 0.1) is 12.8 Å². The van der Waals surface area contributed by atoms with Crippen molar-refractivity contribution in [1.82, 2.24) is 14.6 Å². The fourth-order valence-electron chi connectivity index (χ4n) is 2.78. The van der Waals surface area contributed by atoms with Gasteiger partial charge < -0.3 is 15.7 Å². The molecule has 1 atom stereocenters. The second-order valence-electron chi connectivity index (χ2n) is 7.19. The van der Waals surface area contributed by atoms with Crippen LogP contribution in [0.1, 0.15) is 19.4 Å². The molecule has 1 aromatic carbocycles. The average Bonchev–Trinajstić information content (AvgIpc) is 3.00. The lowest BCUT2D eigenvalue weighted by atomic mass is 10.1. The lowest BCUT2D eigenvalue weighted by molar-refractivity contribution is 0.249. The van der Waals surface area contributed by atoms with Crippen LogP contribution < -0.4 is 10.6 Å². The first kappa shape index (κ1) is 20.1. The zero-order valence-electron chi connectivity index (χ0n) is 16.3. The summed E-state index contributed by atoms with van der Waals surface area (Å²) in [6.07, 6.45) is 2.91. The van der Waals surface area contributed by atoms with Gasteiger partial charge in [-0.3, -0.25) is 0 Å². The Bertz CT molecular complexity index is 1070. The zero-order valence-corrected chi connectivity index (χ0v) is 17.2. The smallest absolute Gasteiger partial charge is 0.175 e. The molecule has 0 saturated heterocycles. The molecule has 0 radical (unpaired) electrons. The molecule has 0 saturated carbocycles. The van der Waals surface area contributed by atoms with Crippen LogP contribution in [0.5, 0.6) is 0 Å². The number of aliphatic hydroxyl groups excluding tert-OH is 1. The maximum absolute atomic E-state index is 11.6. The molecule has 28 heavy (non-hydrogen) atoms. The minimum atomic E-state index is -3.24. The van der Waals surface area contributed by atoms with Crippen LogP contribution in [0.2, 0.25) is 0 Å². The summed E-state index contributed by atoms with van der Waals surface area (Å²) >= 11 is 0. The van der Waals surface area contributed by atoms with Crippen LogP contribution in [0.3, 0.4) is 0 Å². The molecule has 0 spiro atoms. The Morgan fingerprint density at radius 2 is 1.89 bits per heavy atom. The standard InChI is InChI=1S/C19H25N5O3S/c1-12(2)16(11-25)22-17-9-18(24-19(23-17)13(3)10-20-24)21-14-5-7-15(8-6-14)28(4,26)27/h5-10,12,16,21,25H,11H2,1-4H3,(H,22,23)/t16-/m1/s1. The highest BCUT2D eigenvalue weighted by atomic mass is 32.2. The first-order valence-corrected chi connectivity index (χ1v) is 10.9. The first-order chi connectivity index (χ1) is 13.2. The summed E-state index contributed by atoms with van der Waals surface area (Å²) in [5, 5.41) is 20.5. The van der Waals surface area contributed by atoms with Crippen molar-refractivity contribution in [2.75, 3.05) is 23.5 Å². The normalized spacial score (nSPS) is 13.1. The second-order valence-corrected chi connectivity index (χ2v) is 9.20. The lowest BCUT2D eigenvalue weighted by Crippen LogP contribution is -2.30. The van der Waals surface area contributed by atoms with Gasteiger partial charge in [0.25, 0.3) is 0 Å². The topological polar surface area (TPSA) is 109 Å². The summed E-state index contributed by atoms with van der Waals surface area (Å²) in [7, 11) is -3.24. The number of nitrogens with one attached hydrogen (secondary N) is 2. The Hall–Kier alpha value is -2.65. The van der Waals surface area contributed by atoms with Gasteiger partial charge in [-0.25, -0.2) is 13.4 Å². The molecule has 9 heteroatoms. The number of hydrogen-bond acceptors (Lipinski definition) is 7. The number of aromatic nitrogens is 3. The van der Waals surface area contributed by atoms with Crippen molar-refractivity contribution < 1.29 is 13.5 Å². The van der Waals surface area contributed by atoms with Gasteiger partial charge in [-0.05, 0) is 37.1 Å². The van der Waals surface area contributed by atoms with Crippen molar-refractivity contribution in [3.63, 3.8) is 0 Å². The van der Waals surface area contributed by atoms with E-state index in [4.69, 9.17) is 0 Å². The maximum atomic E-state index is 11.6. The highest BCUT2D eigenvalue weighted by Crippen LogP contribution is 2.24. The summed E-state index contributed by atoms with van der Waals surface area (Å²) in [4.78, 5) is 4.87. The third-order valence-electron chi connectivity index (χ3n) is 4.54. The number of hydrogen-bond donors (Lipinski definition) is 3.